The van der Waals surface area contributed by atoms with Crippen molar-refractivity contribution >= 4 is 23.0 Å². The van der Waals surface area contributed by atoms with Gasteiger partial charge in [0.2, 0.25) is 0 Å². The summed E-state index contributed by atoms with van der Waals surface area (Å²) < 4.78 is 1.82. The largest absolute Gasteiger partial charge is 0.478 e. The molecule has 3 N–H and O–H groups in total. The highest BCUT2D eigenvalue weighted by Crippen LogP contribution is 2.35. The van der Waals surface area contributed by atoms with Crippen LogP contribution in [0.15, 0.2) is 17.5 Å². The van der Waals surface area contributed by atoms with Gasteiger partial charge in [-0.05, 0) is 18.4 Å². The first-order valence-corrected chi connectivity index (χ1v) is 5.64. The van der Waals surface area contributed by atoms with Crippen LogP contribution in [-0.4, -0.2) is 15.6 Å². The molecule has 2 aromatic heterocycles. The fourth-order valence-corrected chi connectivity index (χ4v) is 2.63. The Morgan fingerprint density at radius 1 is 1.56 bits per heavy atom. The number of carboxylic acid groups (broad SMARTS) is 1. The minimum absolute atomic E-state index is 0.200. The van der Waals surface area contributed by atoms with E-state index >= 15 is 0 Å². The van der Waals surface area contributed by atoms with E-state index in [2.05, 4.69) is 0 Å². The van der Waals surface area contributed by atoms with Crippen LogP contribution in [0.1, 0.15) is 16.1 Å². The topological polar surface area (TPSA) is 68.2 Å². The molecule has 4 nitrogen and oxygen atoms in total. The minimum atomic E-state index is -0.978. The van der Waals surface area contributed by atoms with Crippen molar-refractivity contribution in [3.63, 3.8) is 0 Å². The molecule has 0 saturated heterocycles. The first kappa shape index (κ1) is 10.8. The summed E-state index contributed by atoms with van der Waals surface area (Å²) in [6.45, 7) is 1.76. The molecule has 0 atom stereocenters. The fraction of sp³-hybridized carbons (Fsp3) is 0.182. The van der Waals surface area contributed by atoms with Gasteiger partial charge in [0.1, 0.15) is 5.56 Å². The number of nitrogens with two attached hydrogens (primary N) is 1. The molecule has 0 bridgehead atoms. The van der Waals surface area contributed by atoms with E-state index in [-0.39, 0.29) is 5.56 Å². The molecule has 2 rings (SSSR count). The Hall–Kier alpha value is -1.75. The highest BCUT2D eigenvalue weighted by Gasteiger charge is 2.22. The second-order valence-electron chi connectivity index (χ2n) is 3.56. The maximum absolute atomic E-state index is 11.1. The Morgan fingerprint density at radius 3 is 2.69 bits per heavy atom. The fourth-order valence-electron chi connectivity index (χ4n) is 1.81. The number of hydrogen-bond acceptors (Lipinski definition) is 3. The van der Waals surface area contributed by atoms with Gasteiger partial charge in [0.15, 0.2) is 0 Å². The van der Waals surface area contributed by atoms with Crippen LogP contribution in [0, 0.1) is 6.92 Å². The van der Waals surface area contributed by atoms with Crippen molar-refractivity contribution in [2.75, 3.05) is 5.73 Å². The number of thiophene rings is 1. The van der Waals surface area contributed by atoms with E-state index in [0.717, 1.165) is 10.6 Å². The Balaban J connectivity index is 2.73. The van der Waals surface area contributed by atoms with Gasteiger partial charge < -0.3 is 15.4 Å². The molecule has 0 spiro atoms. The maximum Gasteiger partial charge on any atom is 0.339 e. The average molecular weight is 236 g/mol. The molecule has 0 aliphatic carbocycles. The van der Waals surface area contributed by atoms with Crippen LogP contribution in [0.4, 0.5) is 5.69 Å². The Bertz CT molecular complexity index is 541. The molecule has 0 saturated carbocycles. The van der Waals surface area contributed by atoms with Crippen LogP contribution >= 0.6 is 11.3 Å². The molecule has 5 heteroatoms. The molecule has 0 fully saturated rings. The summed E-state index contributed by atoms with van der Waals surface area (Å²) in [5.41, 5.74) is 7.90. The number of aromatic nitrogens is 1. The number of carboxylic acids is 1. The number of aromatic carboxylic acids is 1. The van der Waals surface area contributed by atoms with Crippen LogP contribution in [0.3, 0.4) is 0 Å². The van der Waals surface area contributed by atoms with Gasteiger partial charge in [0.25, 0.3) is 0 Å². The van der Waals surface area contributed by atoms with E-state index in [1.54, 1.807) is 18.3 Å². The molecule has 84 valence electrons. The molecule has 0 aliphatic rings. The summed E-state index contributed by atoms with van der Waals surface area (Å²) in [6.07, 6.45) is 0. The van der Waals surface area contributed by atoms with Crippen molar-refractivity contribution < 1.29 is 9.90 Å². The summed E-state index contributed by atoms with van der Waals surface area (Å²) >= 11 is 1.54. The van der Waals surface area contributed by atoms with Crippen LogP contribution in [0.25, 0.3) is 10.6 Å². The number of hydrogen-bond donors (Lipinski definition) is 2. The van der Waals surface area contributed by atoms with E-state index < -0.39 is 5.97 Å². The third-order valence-corrected chi connectivity index (χ3v) is 3.57. The van der Waals surface area contributed by atoms with Gasteiger partial charge in [0.05, 0.1) is 16.3 Å². The zero-order valence-corrected chi connectivity index (χ0v) is 9.84. The van der Waals surface area contributed by atoms with Crippen molar-refractivity contribution in [2.45, 2.75) is 6.92 Å². The SMILES string of the molecule is Cc1c(C(=O)O)c(N)c(-c2cccs2)n1C. The first-order valence-electron chi connectivity index (χ1n) is 4.76. The zero-order valence-electron chi connectivity index (χ0n) is 9.02. The summed E-state index contributed by atoms with van der Waals surface area (Å²) in [6, 6.07) is 3.85. The summed E-state index contributed by atoms with van der Waals surface area (Å²) in [5, 5.41) is 11.0. The molecule has 16 heavy (non-hydrogen) atoms. The molecule has 0 amide bonds. The van der Waals surface area contributed by atoms with Gasteiger partial charge in [-0.1, -0.05) is 6.07 Å². The van der Waals surface area contributed by atoms with Crippen molar-refractivity contribution in [2.24, 2.45) is 7.05 Å². The highest BCUT2D eigenvalue weighted by atomic mass is 32.1. The Morgan fingerprint density at radius 2 is 2.25 bits per heavy atom. The molecule has 0 unspecified atom stereocenters. The molecule has 2 heterocycles. The summed E-state index contributed by atoms with van der Waals surface area (Å²) in [4.78, 5) is 12.1. The molecule has 0 radical (unpaired) electrons. The highest BCUT2D eigenvalue weighted by molar-refractivity contribution is 7.13. The van der Waals surface area contributed by atoms with Crippen LogP contribution in [0.5, 0.6) is 0 Å². The molecule has 0 aliphatic heterocycles. The van der Waals surface area contributed by atoms with E-state index in [1.807, 2.05) is 29.1 Å². The number of nitrogen functional groups attached to an aromatic ring is 1. The van der Waals surface area contributed by atoms with Gasteiger partial charge in [0, 0.05) is 12.7 Å². The predicted octanol–water partition coefficient (Wildman–Crippen LogP) is 2.34. The minimum Gasteiger partial charge on any atom is -0.478 e. The zero-order chi connectivity index (χ0) is 11.9. The van der Waals surface area contributed by atoms with E-state index in [0.29, 0.717) is 11.4 Å². The van der Waals surface area contributed by atoms with Crippen LogP contribution in [0.2, 0.25) is 0 Å². The quantitative estimate of drug-likeness (QED) is 0.841. The molecular weight excluding hydrogens is 224 g/mol. The van der Waals surface area contributed by atoms with E-state index in [4.69, 9.17) is 10.8 Å². The lowest BCUT2D eigenvalue weighted by atomic mass is 10.2. The van der Waals surface area contributed by atoms with Crippen molar-refractivity contribution in [3.05, 3.63) is 28.8 Å². The number of carbonyl (C=O) groups is 1. The first-order chi connectivity index (χ1) is 7.54. The Kier molecular flexibility index (Phi) is 2.47. The lowest BCUT2D eigenvalue weighted by Gasteiger charge is -2.02. The van der Waals surface area contributed by atoms with E-state index in [1.165, 1.54) is 0 Å². The van der Waals surface area contributed by atoms with Crippen molar-refractivity contribution in [3.8, 4) is 10.6 Å². The van der Waals surface area contributed by atoms with Gasteiger partial charge in [-0.25, -0.2) is 4.79 Å². The van der Waals surface area contributed by atoms with Gasteiger partial charge in [-0.3, -0.25) is 0 Å². The lowest BCUT2D eigenvalue weighted by molar-refractivity contribution is 0.0697. The molecule has 2 aromatic rings. The maximum atomic E-state index is 11.1. The van der Waals surface area contributed by atoms with Crippen molar-refractivity contribution in [1.82, 2.24) is 4.57 Å². The second-order valence-corrected chi connectivity index (χ2v) is 4.51. The van der Waals surface area contributed by atoms with E-state index in [9.17, 15) is 4.79 Å². The monoisotopic (exact) mass is 236 g/mol. The van der Waals surface area contributed by atoms with Gasteiger partial charge >= 0.3 is 5.97 Å². The summed E-state index contributed by atoms with van der Waals surface area (Å²) in [5.74, 6) is -0.978. The average Bonchev–Trinajstić information content (AvgIpc) is 2.76. The Labute approximate surface area is 96.9 Å². The molecule has 0 aromatic carbocycles. The number of rotatable bonds is 2. The lowest BCUT2D eigenvalue weighted by Crippen LogP contribution is -2.01. The standard InChI is InChI=1S/C11H12N2O2S/c1-6-8(11(14)15)9(12)10(13(6)2)7-4-3-5-16-7/h3-5H,12H2,1-2H3,(H,14,15). The third-order valence-electron chi connectivity index (χ3n) is 2.69. The summed E-state index contributed by atoms with van der Waals surface area (Å²) in [7, 11) is 1.83. The second kappa shape index (κ2) is 3.68. The normalized spacial score (nSPS) is 10.6. The predicted molar refractivity (Wildman–Crippen MR) is 64.8 cm³/mol. The van der Waals surface area contributed by atoms with Crippen LogP contribution in [-0.2, 0) is 7.05 Å². The van der Waals surface area contributed by atoms with Gasteiger partial charge in [-0.15, -0.1) is 11.3 Å². The third kappa shape index (κ3) is 1.40. The van der Waals surface area contributed by atoms with Gasteiger partial charge in [-0.2, -0.15) is 0 Å². The smallest absolute Gasteiger partial charge is 0.339 e. The number of anilines is 1. The van der Waals surface area contributed by atoms with Crippen LogP contribution < -0.4 is 5.73 Å². The molecular formula is C11H12N2O2S. The number of nitrogens with zero attached hydrogens (tertiary/aromatic N) is 1. The van der Waals surface area contributed by atoms with Crippen molar-refractivity contribution in [1.29, 1.82) is 0 Å².